The first-order valence-corrected chi connectivity index (χ1v) is 6.35. The standard InChI is InChI=1S/C14H22N2O/c1-10-8-11(15)9-16-13(10)17-12-4-6-14(2,3)7-5-12/h8-9,12H,4-7,15H2,1-3H3. The van der Waals surface area contributed by atoms with E-state index in [-0.39, 0.29) is 0 Å². The summed E-state index contributed by atoms with van der Waals surface area (Å²) >= 11 is 0. The topological polar surface area (TPSA) is 48.1 Å². The number of nitrogens with zero attached hydrogens (tertiary/aromatic N) is 1. The van der Waals surface area contributed by atoms with E-state index in [0.717, 1.165) is 24.3 Å². The Bertz CT molecular complexity index is 391. The summed E-state index contributed by atoms with van der Waals surface area (Å²) < 4.78 is 5.97. The molecule has 0 atom stereocenters. The Hall–Kier alpha value is -1.25. The zero-order valence-electron chi connectivity index (χ0n) is 11.0. The number of pyridine rings is 1. The first-order valence-electron chi connectivity index (χ1n) is 6.35. The number of nitrogen functional groups attached to an aromatic ring is 1. The minimum atomic E-state index is 0.317. The van der Waals surface area contributed by atoms with Crippen molar-refractivity contribution in [2.24, 2.45) is 5.41 Å². The maximum atomic E-state index is 5.97. The van der Waals surface area contributed by atoms with Gasteiger partial charge in [-0.05, 0) is 44.1 Å². The highest BCUT2D eigenvalue weighted by Crippen LogP contribution is 2.36. The van der Waals surface area contributed by atoms with Crippen LogP contribution in [0.15, 0.2) is 12.3 Å². The molecule has 0 amide bonds. The Balaban J connectivity index is 1.98. The van der Waals surface area contributed by atoms with E-state index in [1.807, 2.05) is 13.0 Å². The van der Waals surface area contributed by atoms with Crippen molar-refractivity contribution in [2.75, 3.05) is 5.73 Å². The fourth-order valence-electron chi connectivity index (χ4n) is 2.36. The number of aryl methyl sites for hydroxylation is 1. The van der Waals surface area contributed by atoms with Crippen molar-refractivity contribution in [3.63, 3.8) is 0 Å². The van der Waals surface area contributed by atoms with Gasteiger partial charge in [-0.2, -0.15) is 0 Å². The van der Waals surface area contributed by atoms with Crippen molar-refractivity contribution < 1.29 is 4.74 Å². The summed E-state index contributed by atoms with van der Waals surface area (Å²) in [6.45, 7) is 6.65. The predicted molar refractivity (Wildman–Crippen MR) is 70.1 cm³/mol. The average molecular weight is 234 g/mol. The van der Waals surface area contributed by atoms with Crippen LogP contribution in [0.25, 0.3) is 0 Å². The van der Waals surface area contributed by atoms with Crippen molar-refractivity contribution in [2.45, 2.75) is 52.6 Å². The van der Waals surface area contributed by atoms with E-state index in [1.165, 1.54) is 12.8 Å². The fraction of sp³-hybridized carbons (Fsp3) is 0.643. The fourth-order valence-corrected chi connectivity index (χ4v) is 2.36. The van der Waals surface area contributed by atoms with Crippen LogP contribution >= 0.6 is 0 Å². The molecule has 1 aromatic heterocycles. The summed E-state index contributed by atoms with van der Waals surface area (Å²) in [5.74, 6) is 0.740. The molecular formula is C14H22N2O. The highest BCUT2D eigenvalue weighted by Gasteiger charge is 2.28. The lowest BCUT2D eigenvalue weighted by Crippen LogP contribution is -2.28. The molecular weight excluding hydrogens is 212 g/mol. The van der Waals surface area contributed by atoms with Gasteiger partial charge in [0.15, 0.2) is 0 Å². The second kappa shape index (κ2) is 4.55. The van der Waals surface area contributed by atoms with Gasteiger partial charge in [0.05, 0.1) is 11.9 Å². The lowest BCUT2D eigenvalue weighted by atomic mass is 9.76. The molecule has 0 spiro atoms. The molecule has 1 saturated carbocycles. The quantitative estimate of drug-likeness (QED) is 0.854. The summed E-state index contributed by atoms with van der Waals surface area (Å²) in [5.41, 5.74) is 7.87. The van der Waals surface area contributed by atoms with Crippen LogP contribution in [0.4, 0.5) is 5.69 Å². The van der Waals surface area contributed by atoms with E-state index in [4.69, 9.17) is 10.5 Å². The lowest BCUT2D eigenvalue weighted by Gasteiger charge is -2.34. The van der Waals surface area contributed by atoms with Gasteiger partial charge in [-0.3, -0.25) is 0 Å². The van der Waals surface area contributed by atoms with Gasteiger partial charge in [0.1, 0.15) is 6.10 Å². The number of hydrogen-bond donors (Lipinski definition) is 1. The molecule has 1 heterocycles. The molecule has 94 valence electrons. The van der Waals surface area contributed by atoms with Crippen LogP contribution in [-0.4, -0.2) is 11.1 Å². The molecule has 1 fully saturated rings. The minimum Gasteiger partial charge on any atom is -0.474 e. The van der Waals surface area contributed by atoms with Crippen LogP contribution < -0.4 is 10.5 Å². The van der Waals surface area contributed by atoms with Crippen molar-refractivity contribution in [3.05, 3.63) is 17.8 Å². The normalized spacial score (nSPS) is 20.2. The monoisotopic (exact) mass is 234 g/mol. The van der Waals surface area contributed by atoms with Gasteiger partial charge in [0.2, 0.25) is 5.88 Å². The smallest absolute Gasteiger partial charge is 0.216 e. The van der Waals surface area contributed by atoms with Crippen LogP contribution in [0, 0.1) is 12.3 Å². The zero-order valence-corrected chi connectivity index (χ0v) is 11.0. The van der Waals surface area contributed by atoms with Crippen molar-refractivity contribution >= 4 is 5.69 Å². The van der Waals surface area contributed by atoms with Gasteiger partial charge in [-0.1, -0.05) is 13.8 Å². The summed E-state index contributed by atoms with van der Waals surface area (Å²) in [6.07, 6.45) is 6.68. The van der Waals surface area contributed by atoms with Gasteiger partial charge in [-0.15, -0.1) is 0 Å². The molecule has 1 aliphatic carbocycles. The third kappa shape index (κ3) is 3.11. The van der Waals surface area contributed by atoms with Gasteiger partial charge >= 0.3 is 0 Å². The molecule has 3 heteroatoms. The van der Waals surface area contributed by atoms with E-state index in [1.54, 1.807) is 6.20 Å². The minimum absolute atomic E-state index is 0.317. The highest BCUT2D eigenvalue weighted by atomic mass is 16.5. The lowest BCUT2D eigenvalue weighted by molar-refractivity contribution is 0.0943. The Morgan fingerprint density at radius 3 is 2.59 bits per heavy atom. The first-order chi connectivity index (χ1) is 7.96. The Morgan fingerprint density at radius 1 is 1.35 bits per heavy atom. The molecule has 1 aromatic rings. The molecule has 3 nitrogen and oxygen atoms in total. The maximum Gasteiger partial charge on any atom is 0.216 e. The van der Waals surface area contributed by atoms with Crippen LogP contribution in [0.1, 0.15) is 45.1 Å². The number of rotatable bonds is 2. The second-order valence-electron chi connectivity index (χ2n) is 5.87. The van der Waals surface area contributed by atoms with E-state index < -0.39 is 0 Å². The van der Waals surface area contributed by atoms with Gasteiger partial charge < -0.3 is 10.5 Å². The van der Waals surface area contributed by atoms with Crippen LogP contribution in [-0.2, 0) is 0 Å². The Kier molecular flexibility index (Phi) is 3.27. The zero-order chi connectivity index (χ0) is 12.5. The molecule has 2 rings (SSSR count). The molecule has 1 aliphatic rings. The molecule has 2 N–H and O–H groups in total. The largest absolute Gasteiger partial charge is 0.474 e. The Morgan fingerprint density at radius 2 is 2.00 bits per heavy atom. The van der Waals surface area contributed by atoms with Gasteiger partial charge in [-0.25, -0.2) is 4.98 Å². The van der Waals surface area contributed by atoms with Gasteiger partial charge in [0.25, 0.3) is 0 Å². The third-order valence-corrected chi connectivity index (χ3v) is 3.62. The molecule has 0 aromatic carbocycles. The molecule has 0 radical (unpaired) electrons. The van der Waals surface area contributed by atoms with E-state index in [0.29, 0.717) is 17.2 Å². The van der Waals surface area contributed by atoms with E-state index >= 15 is 0 Å². The number of ether oxygens (including phenoxy) is 1. The van der Waals surface area contributed by atoms with Crippen LogP contribution in [0.2, 0.25) is 0 Å². The molecule has 17 heavy (non-hydrogen) atoms. The second-order valence-corrected chi connectivity index (χ2v) is 5.87. The van der Waals surface area contributed by atoms with Crippen molar-refractivity contribution in [1.82, 2.24) is 4.98 Å². The number of hydrogen-bond acceptors (Lipinski definition) is 3. The molecule has 0 aliphatic heterocycles. The number of nitrogens with two attached hydrogens (primary N) is 1. The molecule has 0 saturated heterocycles. The first kappa shape index (κ1) is 12.2. The van der Waals surface area contributed by atoms with Gasteiger partial charge in [0, 0.05) is 5.56 Å². The van der Waals surface area contributed by atoms with Crippen LogP contribution in [0.3, 0.4) is 0 Å². The van der Waals surface area contributed by atoms with Crippen molar-refractivity contribution in [3.8, 4) is 5.88 Å². The van der Waals surface area contributed by atoms with E-state index in [9.17, 15) is 0 Å². The van der Waals surface area contributed by atoms with Crippen molar-refractivity contribution in [1.29, 1.82) is 0 Å². The summed E-state index contributed by atoms with van der Waals surface area (Å²) in [5, 5.41) is 0. The molecule has 0 bridgehead atoms. The Labute approximate surface area is 103 Å². The number of anilines is 1. The summed E-state index contributed by atoms with van der Waals surface area (Å²) in [7, 11) is 0. The summed E-state index contributed by atoms with van der Waals surface area (Å²) in [4.78, 5) is 4.26. The van der Waals surface area contributed by atoms with E-state index in [2.05, 4.69) is 18.8 Å². The summed E-state index contributed by atoms with van der Waals surface area (Å²) in [6, 6.07) is 1.91. The van der Waals surface area contributed by atoms with Crippen LogP contribution in [0.5, 0.6) is 5.88 Å². The SMILES string of the molecule is Cc1cc(N)cnc1OC1CCC(C)(C)CC1. The average Bonchev–Trinajstić information content (AvgIpc) is 2.25. The highest BCUT2D eigenvalue weighted by molar-refractivity contribution is 5.41. The number of aromatic nitrogens is 1. The third-order valence-electron chi connectivity index (χ3n) is 3.62. The maximum absolute atomic E-state index is 5.97. The predicted octanol–water partition coefficient (Wildman–Crippen LogP) is 3.32. The molecule has 0 unspecified atom stereocenters.